The van der Waals surface area contributed by atoms with E-state index in [0.717, 1.165) is 38.2 Å². The predicted molar refractivity (Wildman–Crippen MR) is 81.8 cm³/mol. The van der Waals surface area contributed by atoms with Gasteiger partial charge in [0.25, 0.3) is 0 Å². The minimum atomic E-state index is -0.0847. The highest BCUT2D eigenvalue weighted by atomic mass is 16.5. The first-order valence-electron chi connectivity index (χ1n) is 8.09. The number of aryl methyl sites for hydroxylation is 1. The summed E-state index contributed by atoms with van der Waals surface area (Å²) >= 11 is 0. The minimum Gasteiger partial charge on any atom is -0.373 e. The molecule has 0 aromatic carbocycles. The van der Waals surface area contributed by atoms with Gasteiger partial charge in [0.05, 0.1) is 11.6 Å². The lowest BCUT2D eigenvalue weighted by Gasteiger charge is -2.43. The van der Waals surface area contributed by atoms with Gasteiger partial charge in [-0.3, -0.25) is 0 Å². The fourth-order valence-corrected chi connectivity index (χ4v) is 3.59. The summed E-state index contributed by atoms with van der Waals surface area (Å²) in [5.41, 5.74) is -0.0847. The Morgan fingerprint density at radius 1 is 1.35 bits per heavy atom. The Kier molecular flexibility index (Phi) is 5.61. The van der Waals surface area contributed by atoms with Gasteiger partial charge in [-0.05, 0) is 33.2 Å². The van der Waals surface area contributed by atoms with Crippen molar-refractivity contribution in [2.75, 3.05) is 13.7 Å². The first-order chi connectivity index (χ1) is 9.77. The number of aromatic nitrogens is 2. The van der Waals surface area contributed by atoms with E-state index in [-0.39, 0.29) is 11.6 Å². The van der Waals surface area contributed by atoms with Crippen LogP contribution in [0.3, 0.4) is 0 Å². The number of hydrogen-bond acceptors (Lipinski definition) is 3. The summed E-state index contributed by atoms with van der Waals surface area (Å²) in [5, 5.41) is 3.49. The van der Waals surface area contributed by atoms with Gasteiger partial charge in [0, 0.05) is 25.5 Å². The van der Waals surface area contributed by atoms with Crippen molar-refractivity contribution < 1.29 is 4.74 Å². The quantitative estimate of drug-likeness (QED) is 0.832. The molecule has 0 bridgehead atoms. The SMILES string of the molecule is CCCn1ccnc1C(NC)C1(OCC)CCCCC1. The molecule has 1 unspecified atom stereocenters. The maximum Gasteiger partial charge on any atom is 0.128 e. The van der Waals surface area contributed by atoms with Crippen molar-refractivity contribution in [3.8, 4) is 0 Å². The second-order valence-corrected chi connectivity index (χ2v) is 5.76. The van der Waals surface area contributed by atoms with Crippen LogP contribution in [-0.2, 0) is 11.3 Å². The van der Waals surface area contributed by atoms with Crippen LogP contribution in [0.4, 0.5) is 0 Å². The van der Waals surface area contributed by atoms with Crippen molar-refractivity contribution >= 4 is 0 Å². The molecule has 1 saturated carbocycles. The zero-order valence-electron chi connectivity index (χ0n) is 13.2. The molecule has 4 nitrogen and oxygen atoms in total. The zero-order chi connectivity index (χ0) is 14.4. The van der Waals surface area contributed by atoms with Gasteiger partial charge in [-0.1, -0.05) is 26.2 Å². The summed E-state index contributed by atoms with van der Waals surface area (Å²) in [4.78, 5) is 4.63. The van der Waals surface area contributed by atoms with Gasteiger partial charge in [0.1, 0.15) is 5.82 Å². The van der Waals surface area contributed by atoms with Crippen LogP contribution >= 0.6 is 0 Å². The molecule has 0 radical (unpaired) electrons. The van der Waals surface area contributed by atoms with E-state index < -0.39 is 0 Å². The van der Waals surface area contributed by atoms with Crippen molar-refractivity contribution in [1.82, 2.24) is 14.9 Å². The molecule has 1 atom stereocenters. The number of nitrogens with zero attached hydrogens (tertiary/aromatic N) is 2. The number of imidazole rings is 1. The predicted octanol–water partition coefficient (Wildman–Crippen LogP) is 3.29. The minimum absolute atomic E-state index is 0.0847. The zero-order valence-corrected chi connectivity index (χ0v) is 13.2. The number of rotatable bonds is 7. The lowest BCUT2D eigenvalue weighted by atomic mass is 9.78. The van der Waals surface area contributed by atoms with Crippen LogP contribution in [-0.4, -0.2) is 28.8 Å². The van der Waals surface area contributed by atoms with Gasteiger partial charge in [-0.15, -0.1) is 0 Å². The van der Waals surface area contributed by atoms with Gasteiger partial charge in [-0.25, -0.2) is 4.98 Å². The van der Waals surface area contributed by atoms with Crippen LogP contribution in [0.25, 0.3) is 0 Å². The summed E-state index contributed by atoms with van der Waals surface area (Å²) in [6.07, 6.45) is 11.2. The molecule has 0 aliphatic heterocycles. The Labute approximate surface area is 122 Å². The summed E-state index contributed by atoms with van der Waals surface area (Å²) in [6, 6.07) is 0.185. The maximum absolute atomic E-state index is 6.26. The summed E-state index contributed by atoms with van der Waals surface area (Å²) in [7, 11) is 2.03. The molecule has 1 N–H and O–H groups in total. The Bertz CT molecular complexity index is 391. The third kappa shape index (κ3) is 3.07. The lowest BCUT2D eigenvalue weighted by Crippen LogP contribution is -2.47. The van der Waals surface area contributed by atoms with E-state index in [2.05, 4.69) is 34.9 Å². The molecule has 1 aromatic rings. The molecule has 1 aromatic heterocycles. The van der Waals surface area contributed by atoms with E-state index in [1.165, 1.54) is 19.3 Å². The standard InChI is InChI=1S/C16H29N3O/c1-4-12-19-13-11-18-15(19)14(17-3)16(20-5-2)9-7-6-8-10-16/h11,13-14,17H,4-10,12H2,1-3H3. The van der Waals surface area contributed by atoms with E-state index in [0.29, 0.717) is 0 Å². The average Bonchev–Trinajstić information content (AvgIpc) is 2.90. The monoisotopic (exact) mass is 279 g/mol. The van der Waals surface area contributed by atoms with Crippen LogP contribution < -0.4 is 5.32 Å². The topological polar surface area (TPSA) is 39.1 Å². The van der Waals surface area contributed by atoms with Crippen molar-refractivity contribution in [3.63, 3.8) is 0 Å². The average molecular weight is 279 g/mol. The molecule has 2 rings (SSSR count). The summed E-state index contributed by atoms with van der Waals surface area (Å²) < 4.78 is 8.54. The third-order valence-electron chi connectivity index (χ3n) is 4.42. The molecule has 1 aliphatic carbocycles. The molecular formula is C16H29N3O. The van der Waals surface area contributed by atoms with E-state index in [4.69, 9.17) is 4.74 Å². The fourth-order valence-electron chi connectivity index (χ4n) is 3.59. The summed E-state index contributed by atoms with van der Waals surface area (Å²) in [6.45, 7) is 6.10. The van der Waals surface area contributed by atoms with Crippen molar-refractivity contribution in [1.29, 1.82) is 0 Å². The van der Waals surface area contributed by atoms with Crippen LogP contribution in [0.5, 0.6) is 0 Å². The molecule has 1 heterocycles. The van der Waals surface area contributed by atoms with Gasteiger partial charge in [0.15, 0.2) is 0 Å². The highest BCUT2D eigenvalue weighted by molar-refractivity contribution is 5.09. The van der Waals surface area contributed by atoms with Crippen LogP contribution in [0, 0.1) is 0 Å². The maximum atomic E-state index is 6.26. The van der Waals surface area contributed by atoms with Gasteiger partial charge in [0.2, 0.25) is 0 Å². The second kappa shape index (κ2) is 7.23. The van der Waals surface area contributed by atoms with Gasteiger partial charge >= 0.3 is 0 Å². The van der Waals surface area contributed by atoms with Crippen molar-refractivity contribution in [2.45, 2.75) is 70.6 Å². The Hall–Kier alpha value is -0.870. The number of nitrogens with one attached hydrogen (secondary N) is 1. The van der Waals surface area contributed by atoms with Crippen LogP contribution in [0.1, 0.15) is 64.2 Å². The Morgan fingerprint density at radius 3 is 2.70 bits per heavy atom. The smallest absolute Gasteiger partial charge is 0.128 e. The Balaban J connectivity index is 2.29. The third-order valence-corrected chi connectivity index (χ3v) is 4.42. The van der Waals surface area contributed by atoms with Gasteiger partial charge < -0.3 is 14.6 Å². The lowest BCUT2D eigenvalue weighted by molar-refractivity contribution is -0.0922. The molecule has 1 fully saturated rings. The Morgan fingerprint density at radius 2 is 2.10 bits per heavy atom. The summed E-state index contributed by atoms with van der Waals surface area (Å²) in [5.74, 6) is 1.13. The molecule has 0 saturated heterocycles. The van der Waals surface area contributed by atoms with E-state index in [1.54, 1.807) is 0 Å². The first-order valence-corrected chi connectivity index (χ1v) is 8.09. The highest BCUT2D eigenvalue weighted by Gasteiger charge is 2.42. The molecule has 0 amide bonds. The number of ether oxygens (including phenoxy) is 1. The second-order valence-electron chi connectivity index (χ2n) is 5.76. The largest absolute Gasteiger partial charge is 0.373 e. The molecule has 114 valence electrons. The van der Waals surface area contributed by atoms with Gasteiger partial charge in [-0.2, -0.15) is 0 Å². The number of hydrogen-bond donors (Lipinski definition) is 1. The number of likely N-dealkylation sites (N-methyl/N-ethyl adjacent to an activating group) is 1. The highest BCUT2D eigenvalue weighted by Crippen LogP contribution is 2.41. The van der Waals surface area contributed by atoms with Crippen LogP contribution in [0.15, 0.2) is 12.4 Å². The fraction of sp³-hybridized carbons (Fsp3) is 0.812. The van der Waals surface area contributed by atoms with E-state index in [9.17, 15) is 0 Å². The van der Waals surface area contributed by atoms with Crippen molar-refractivity contribution in [3.05, 3.63) is 18.2 Å². The normalized spacial score (nSPS) is 19.9. The molecule has 20 heavy (non-hydrogen) atoms. The molecule has 1 aliphatic rings. The van der Waals surface area contributed by atoms with E-state index >= 15 is 0 Å². The first kappa shape index (κ1) is 15.5. The van der Waals surface area contributed by atoms with Crippen LogP contribution in [0.2, 0.25) is 0 Å². The molecule has 0 spiro atoms. The van der Waals surface area contributed by atoms with Crippen molar-refractivity contribution in [2.24, 2.45) is 0 Å². The molecule has 4 heteroatoms. The van der Waals surface area contributed by atoms with E-state index in [1.807, 2.05) is 13.2 Å². The molecular weight excluding hydrogens is 250 g/mol.